The molecule has 2 aliphatic rings. The predicted octanol–water partition coefficient (Wildman–Crippen LogP) is 3.43. The normalized spacial score (nSPS) is 18.1. The second-order valence-corrected chi connectivity index (χ2v) is 8.42. The monoisotopic (exact) mass is 402 g/mol. The molecule has 1 atom stereocenters. The van der Waals surface area contributed by atoms with Gasteiger partial charge in [-0.05, 0) is 54.0 Å². The largest absolute Gasteiger partial charge is 0.342 e. The minimum Gasteiger partial charge on any atom is -0.342 e. The van der Waals surface area contributed by atoms with Crippen molar-refractivity contribution in [2.24, 2.45) is 5.92 Å². The second kappa shape index (κ2) is 8.01. The Morgan fingerprint density at radius 3 is 2.80 bits per heavy atom. The van der Waals surface area contributed by atoms with Gasteiger partial charge in [-0.15, -0.1) is 0 Å². The number of nitrogens with zero attached hydrogens (tertiary/aromatic N) is 4. The molecule has 0 radical (unpaired) electrons. The molecule has 2 heterocycles. The van der Waals surface area contributed by atoms with Crippen LogP contribution in [0.15, 0.2) is 43.0 Å². The molecule has 0 saturated carbocycles. The highest BCUT2D eigenvalue weighted by Crippen LogP contribution is 2.34. The molecule has 30 heavy (non-hydrogen) atoms. The maximum Gasteiger partial charge on any atom is 0.222 e. The molecule has 6 heteroatoms. The molecular formula is C24H26N4O2. The Kier molecular flexibility index (Phi) is 5.07. The Bertz CT molecular complexity index is 1080. The molecule has 1 aliphatic heterocycles. The SMILES string of the molecule is O=C(c1ccc2c3c(cccc13)CC2)C1CCCN(C(=O)CCCn2cncn2)C1. The maximum atomic E-state index is 13.4. The van der Waals surface area contributed by atoms with Crippen molar-refractivity contribution >= 4 is 22.5 Å². The van der Waals surface area contributed by atoms with Crippen molar-refractivity contribution in [3.63, 3.8) is 0 Å². The molecule has 1 fully saturated rings. The zero-order valence-corrected chi connectivity index (χ0v) is 17.1. The maximum absolute atomic E-state index is 13.4. The van der Waals surface area contributed by atoms with E-state index in [2.05, 4.69) is 34.3 Å². The molecule has 0 bridgehead atoms. The van der Waals surface area contributed by atoms with Crippen LogP contribution in [0, 0.1) is 5.92 Å². The van der Waals surface area contributed by atoms with E-state index in [-0.39, 0.29) is 17.6 Å². The van der Waals surface area contributed by atoms with E-state index in [4.69, 9.17) is 0 Å². The molecule has 1 amide bonds. The lowest BCUT2D eigenvalue weighted by molar-refractivity contribution is -0.132. The highest BCUT2D eigenvalue weighted by atomic mass is 16.2. The van der Waals surface area contributed by atoms with Gasteiger partial charge in [-0.25, -0.2) is 4.98 Å². The Labute approximate surface area is 175 Å². The number of piperidine rings is 1. The number of hydrogen-bond acceptors (Lipinski definition) is 4. The third-order valence-electron chi connectivity index (χ3n) is 6.53. The molecule has 1 aromatic heterocycles. The van der Waals surface area contributed by atoms with E-state index in [0.29, 0.717) is 19.5 Å². The number of aryl methyl sites for hydroxylation is 3. The van der Waals surface area contributed by atoms with Crippen molar-refractivity contribution in [1.82, 2.24) is 19.7 Å². The van der Waals surface area contributed by atoms with Crippen LogP contribution in [0.3, 0.4) is 0 Å². The lowest BCUT2D eigenvalue weighted by Gasteiger charge is -2.32. The molecule has 2 aromatic carbocycles. The lowest BCUT2D eigenvalue weighted by Crippen LogP contribution is -2.42. The van der Waals surface area contributed by atoms with Gasteiger partial charge in [0.2, 0.25) is 5.91 Å². The van der Waals surface area contributed by atoms with Crippen molar-refractivity contribution in [2.75, 3.05) is 13.1 Å². The van der Waals surface area contributed by atoms with Crippen LogP contribution in [0.25, 0.3) is 10.8 Å². The number of amides is 1. The topological polar surface area (TPSA) is 68.1 Å². The summed E-state index contributed by atoms with van der Waals surface area (Å²) in [5.41, 5.74) is 3.53. The van der Waals surface area contributed by atoms with Crippen molar-refractivity contribution in [3.05, 3.63) is 59.7 Å². The van der Waals surface area contributed by atoms with Gasteiger partial charge in [0.25, 0.3) is 0 Å². The van der Waals surface area contributed by atoms with E-state index in [1.54, 1.807) is 11.0 Å². The summed E-state index contributed by atoms with van der Waals surface area (Å²) >= 11 is 0. The summed E-state index contributed by atoms with van der Waals surface area (Å²) < 4.78 is 1.74. The van der Waals surface area contributed by atoms with Gasteiger partial charge in [-0.1, -0.05) is 30.3 Å². The fourth-order valence-electron chi connectivity index (χ4n) is 5.00. The molecule has 0 spiro atoms. The standard InChI is InChI=1S/C24H26N4O2/c29-22(7-3-13-28-16-25-15-26-28)27-12-2-5-19(14-27)24(30)21-11-10-18-9-8-17-4-1-6-20(21)23(17)18/h1,4,6,10-11,15-16,19H,2-3,5,7-9,12-14H2. The third-order valence-corrected chi connectivity index (χ3v) is 6.53. The van der Waals surface area contributed by atoms with Crippen LogP contribution in [0.5, 0.6) is 0 Å². The fraction of sp³-hybridized carbons (Fsp3) is 0.417. The number of carbonyl (C=O) groups excluding carboxylic acids is 2. The van der Waals surface area contributed by atoms with E-state index in [0.717, 1.165) is 49.6 Å². The summed E-state index contributed by atoms with van der Waals surface area (Å²) in [5.74, 6) is 0.204. The van der Waals surface area contributed by atoms with Crippen LogP contribution in [-0.2, 0) is 24.2 Å². The van der Waals surface area contributed by atoms with E-state index >= 15 is 0 Å². The number of Topliss-reactive ketones (excluding diaryl/α,β-unsaturated/α-hetero) is 1. The Balaban J connectivity index is 1.28. The van der Waals surface area contributed by atoms with E-state index in [9.17, 15) is 9.59 Å². The summed E-state index contributed by atoms with van der Waals surface area (Å²) in [6, 6.07) is 10.5. The van der Waals surface area contributed by atoms with Gasteiger partial charge in [0.15, 0.2) is 5.78 Å². The first kappa shape index (κ1) is 19.0. The summed E-state index contributed by atoms with van der Waals surface area (Å²) in [6.45, 7) is 1.96. The van der Waals surface area contributed by atoms with Gasteiger partial charge in [0.1, 0.15) is 12.7 Å². The Morgan fingerprint density at radius 2 is 1.97 bits per heavy atom. The van der Waals surface area contributed by atoms with Gasteiger partial charge >= 0.3 is 0 Å². The van der Waals surface area contributed by atoms with Crippen LogP contribution in [0.2, 0.25) is 0 Å². The van der Waals surface area contributed by atoms with Crippen molar-refractivity contribution in [1.29, 1.82) is 0 Å². The molecular weight excluding hydrogens is 376 g/mol. The van der Waals surface area contributed by atoms with Crippen molar-refractivity contribution in [2.45, 2.75) is 45.1 Å². The Hall–Kier alpha value is -3.02. The number of hydrogen-bond donors (Lipinski definition) is 0. The molecule has 1 unspecified atom stereocenters. The van der Waals surface area contributed by atoms with Crippen LogP contribution in [0.1, 0.15) is 47.2 Å². The van der Waals surface area contributed by atoms with Gasteiger partial charge < -0.3 is 4.90 Å². The van der Waals surface area contributed by atoms with E-state index in [1.807, 2.05) is 11.0 Å². The predicted molar refractivity (Wildman–Crippen MR) is 114 cm³/mol. The van der Waals surface area contributed by atoms with Gasteiger partial charge in [0, 0.05) is 37.5 Å². The van der Waals surface area contributed by atoms with Crippen LogP contribution < -0.4 is 0 Å². The number of ketones is 1. The average Bonchev–Trinajstić information content (AvgIpc) is 3.45. The smallest absolute Gasteiger partial charge is 0.222 e. The van der Waals surface area contributed by atoms with Crippen LogP contribution in [0.4, 0.5) is 0 Å². The molecule has 1 aliphatic carbocycles. The van der Waals surface area contributed by atoms with E-state index in [1.165, 1.54) is 22.8 Å². The molecule has 154 valence electrons. The zero-order valence-electron chi connectivity index (χ0n) is 17.1. The summed E-state index contributed by atoms with van der Waals surface area (Å²) in [6.07, 6.45) is 8.22. The number of likely N-dealkylation sites (tertiary alicyclic amines) is 1. The lowest BCUT2D eigenvalue weighted by atomic mass is 9.87. The molecule has 5 rings (SSSR count). The number of benzene rings is 2. The van der Waals surface area contributed by atoms with E-state index < -0.39 is 0 Å². The first-order valence-electron chi connectivity index (χ1n) is 10.9. The quantitative estimate of drug-likeness (QED) is 0.593. The number of aromatic nitrogens is 3. The number of carbonyl (C=O) groups is 2. The molecule has 0 N–H and O–H groups in total. The van der Waals surface area contributed by atoms with Crippen LogP contribution >= 0.6 is 0 Å². The minimum atomic E-state index is -0.114. The summed E-state index contributed by atoms with van der Waals surface area (Å²) in [4.78, 5) is 32.0. The number of rotatable bonds is 6. The van der Waals surface area contributed by atoms with Gasteiger partial charge in [-0.3, -0.25) is 14.3 Å². The zero-order chi connectivity index (χ0) is 20.5. The average molecular weight is 402 g/mol. The fourth-order valence-corrected chi connectivity index (χ4v) is 5.00. The first-order chi connectivity index (χ1) is 14.7. The second-order valence-electron chi connectivity index (χ2n) is 8.42. The summed E-state index contributed by atoms with van der Waals surface area (Å²) in [5, 5.41) is 6.44. The summed E-state index contributed by atoms with van der Waals surface area (Å²) in [7, 11) is 0. The van der Waals surface area contributed by atoms with Crippen LogP contribution in [-0.4, -0.2) is 44.4 Å². The highest BCUT2D eigenvalue weighted by molar-refractivity contribution is 6.11. The highest BCUT2D eigenvalue weighted by Gasteiger charge is 2.30. The molecule has 3 aromatic rings. The Morgan fingerprint density at radius 1 is 1.10 bits per heavy atom. The van der Waals surface area contributed by atoms with Crippen molar-refractivity contribution in [3.8, 4) is 0 Å². The minimum absolute atomic E-state index is 0.114. The van der Waals surface area contributed by atoms with Gasteiger partial charge in [-0.2, -0.15) is 5.10 Å². The first-order valence-corrected chi connectivity index (χ1v) is 10.9. The third kappa shape index (κ3) is 3.51. The van der Waals surface area contributed by atoms with Crippen molar-refractivity contribution < 1.29 is 9.59 Å². The molecule has 1 saturated heterocycles. The molecule has 6 nitrogen and oxygen atoms in total. The van der Waals surface area contributed by atoms with Gasteiger partial charge in [0.05, 0.1) is 0 Å².